The molecule has 5 nitrogen and oxygen atoms in total. The van der Waals surface area contributed by atoms with Gasteiger partial charge in [-0.05, 0) is 17.7 Å². The minimum Gasteiger partial charge on any atom is -0.493 e. The summed E-state index contributed by atoms with van der Waals surface area (Å²) >= 11 is 0. The molecule has 5 rings (SSSR count). The Balaban J connectivity index is 1.39. The number of para-hydroxylation sites is 1. The molecule has 2 aromatic carbocycles. The Bertz CT molecular complexity index is 1010. The summed E-state index contributed by atoms with van der Waals surface area (Å²) in [5.41, 5.74) is 5.61. The summed E-state index contributed by atoms with van der Waals surface area (Å²) < 4.78 is 11.7. The van der Waals surface area contributed by atoms with Crippen LogP contribution in [-0.2, 0) is 30.6 Å². The Morgan fingerprint density at radius 2 is 2.04 bits per heavy atom. The molecule has 0 bridgehead atoms. The van der Waals surface area contributed by atoms with Crippen LogP contribution >= 0.6 is 0 Å². The highest BCUT2D eigenvalue weighted by atomic mass is 16.5. The lowest BCUT2D eigenvalue weighted by Gasteiger charge is -2.21. The largest absolute Gasteiger partial charge is 0.493 e. The van der Waals surface area contributed by atoms with Gasteiger partial charge in [0, 0.05) is 60.2 Å². The van der Waals surface area contributed by atoms with E-state index in [0.717, 1.165) is 46.4 Å². The highest BCUT2D eigenvalue weighted by Gasteiger charge is 2.27. The summed E-state index contributed by atoms with van der Waals surface area (Å²) in [6.07, 6.45) is 4.11. The molecule has 2 aliphatic heterocycles. The van der Waals surface area contributed by atoms with Crippen molar-refractivity contribution in [2.24, 2.45) is 0 Å². The lowest BCUT2D eigenvalue weighted by molar-refractivity contribution is -0.129. The van der Waals surface area contributed by atoms with Crippen molar-refractivity contribution in [2.45, 2.75) is 25.8 Å². The lowest BCUT2D eigenvalue weighted by atomic mass is 9.99. The third-order valence-corrected chi connectivity index (χ3v) is 5.60. The standard InChI is InChI=1S/C22H22N2O3/c1-24(21(25)11-15-12-23-19-5-3-2-4-16(15)19)13-18-17-7-9-26-20(17)10-14-6-8-27-22(14)18/h2-5,10,12,23H,6-9,11,13H2,1H3. The van der Waals surface area contributed by atoms with Crippen molar-refractivity contribution < 1.29 is 14.3 Å². The minimum atomic E-state index is 0.100. The number of H-pyrrole nitrogens is 1. The van der Waals surface area contributed by atoms with Gasteiger partial charge in [-0.2, -0.15) is 0 Å². The number of hydrogen-bond acceptors (Lipinski definition) is 3. The quantitative estimate of drug-likeness (QED) is 0.775. The number of fused-ring (bicyclic) bond motifs is 3. The SMILES string of the molecule is CN(Cc1c2c(cc3c1OCC3)OCC2)C(=O)Cc1c[nH]c2ccccc12. The number of hydrogen-bond donors (Lipinski definition) is 1. The predicted octanol–water partition coefficient (Wildman–Crippen LogP) is 3.24. The Morgan fingerprint density at radius 1 is 1.19 bits per heavy atom. The fourth-order valence-corrected chi connectivity index (χ4v) is 4.15. The van der Waals surface area contributed by atoms with Crippen molar-refractivity contribution in [3.63, 3.8) is 0 Å². The van der Waals surface area contributed by atoms with Gasteiger partial charge in [0.15, 0.2) is 0 Å². The van der Waals surface area contributed by atoms with E-state index in [1.165, 1.54) is 11.1 Å². The van der Waals surface area contributed by atoms with Crippen LogP contribution in [-0.4, -0.2) is 36.1 Å². The highest BCUT2D eigenvalue weighted by molar-refractivity contribution is 5.88. The van der Waals surface area contributed by atoms with Gasteiger partial charge >= 0.3 is 0 Å². The van der Waals surface area contributed by atoms with E-state index in [-0.39, 0.29) is 5.91 Å². The van der Waals surface area contributed by atoms with Gasteiger partial charge in [0.1, 0.15) is 11.5 Å². The van der Waals surface area contributed by atoms with Crippen LogP contribution in [0, 0.1) is 0 Å². The molecule has 3 heterocycles. The van der Waals surface area contributed by atoms with Gasteiger partial charge in [0.25, 0.3) is 0 Å². The Morgan fingerprint density at radius 3 is 2.96 bits per heavy atom. The molecule has 0 spiro atoms. The maximum Gasteiger partial charge on any atom is 0.227 e. The van der Waals surface area contributed by atoms with E-state index in [2.05, 4.69) is 17.1 Å². The van der Waals surface area contributed by atoms with Crippen molar-refractivity contribution in [3.05, 3.63) is 58.8 Å². The summed E-state index contributed by atoms with van der Waals surface area (Å²) in [5, 5.41) is 1.11. The maximum atomic E-state index is 12.9. The van der Waals surface area contributed by atoms with Gasteiger partial charge in [0.05, 0.1) is 19.6 Å². The van der Waals surface area contributed by atoms with Crippen molar-refractivity contribution in [1.82, 2.24) is 9.88 Å². The molecule has 3 aromatic rings. The molecule has 0 aliphatic carbocycles. The van der Waals surface area contributed by atoms with E-state index in [0.29, 0.717) is 26.2 Å². The Kier molecular flexibility index (Phi) is 3.81. The molecule has 1 amide bonds. The van der Waals surface area contributed by atoms with Crippen LogP contribution in [0.2, 0.25) is 0 Å². The fourth-order valence-electron chi connectivity index (χ4n) is 4.15. The first-order valence-electron chi connectivity index (χ1n) is 9.43. The number of benzene rings is 2. The van der Waals surface area contributed by atoms with Gasteiger partial charge in [-0.3, -0.25) is 4.79 Å². The maximum absolute atomic E-state index is 12.9. The lowest BCUT2D eigenvalue weighted by Crippen LogP contribution is -2.28. The predicted molar refractivity (Wildman–Crippen MR) is 103 cm³/mol. The van der Waals surface area contributed by atoms with E-state index in [1.807, 2.05) is 31.4 Å². The number of rotatable bonds is 4. The van der Waals surface area contributed by atoms with E-state index in [9.17, 15) is 4.79 Å². The van der Waals surface area contributed by atoms with Crippen LogP contribution in [0.4, 0.5) is 0 Å². The van der Waals surface area contributed by atoms with Gasteiger partial charge in [0.2, 0.25) is 5.91 Å². The van der Waals surface area contributed by atoms with E-state index < -0.39 is 0 Å². The molecule has 27 heavy (non-hydrogen) atoms. The summed E-state index contributed by atoms with van der Waals surface area (Å²) in [7, 11) is 1.87. The van der Waals surface area contributed by atoms with Crippen LogP contribution in [0.5, 0.6) is 11.5 Å². The molecule has 1 aromatic heterocycles. The van der Waals surface area contributed by atoms with Gasteiger partial charge in [-0.25, -0.2) is 0 Å². The van der Waals surface area contributed by atoms with Crippen LogP contribution in [0.3, 0.4) is 0 Å². The first kappa shape index (κ1) is 16.2. The average Bonchev–Trinajstić information content (AvgIpc) is 3.41. The number of carbonyl (C=O) groups is 1. The van der Waals surface area contributed by atoms with Crippen molar-refractivity contribution in [2.75, 3.05) is 20.3 Å². The molecule has 5 heteroatoms. The van der Waals surface area contributed by atoms with E-state index >= 15 is 0 Å². The smallest absolute Gasteiger partial charge is 0.227 e. The summed E-state index contributed by atoms with van der Waals surface area (Å²) in [6, 6.07) is 10.2. The minimum absolute atomic E-state index is 0.100. The van der Waals surface area contributed by atoms with Crippen molar-refractivity contribution >= 4 is 16.8 Å². The molecule has 0 atom stereocenters. The van der Waals surface area contributed by atoms with E-state index in [4.69, 9.17) is 9.47 Å². The molecule has 0 saturated carbocycles. The Labute approximate surface area is 157 Å². The molecule has 2 aliphatic rings. The molecule has 138 valence electrons. The molecule has 0 saturated heterocycles. The molecule has 0 unspecified atom stereocenters. The van der Waals surface area contributed by atoms with Gasteiger partial charge in [-0.1, -0.05) is 18.2 Å². The number of amides is 1. The fraction of sp³-hybridized carbons (Fsp3) is 0.318. The zero-order chi connectivity index (χ0) is 18.4. The van der Waals surface area contributed by atoms with Crippen LogP contribution in [0.15, 0.2) is 36.5 Å². The zero-order valence-corrected chi connectivity index (χ0v) is 15.4. The number of aromatic nitrogens is 1. The molecular formula is C22H22N2O3. The normalized spacial score (nSPS) is 14.6. The third-order valence-electron chi connectivity index (χ3n) is 5.60. The first-order chi connectivity index (χ1) is 13.2. The monoisotopic (exact) mass is 362 g/mol. The summed E-state index contributed by atoms with van der Waals surface area (Å²) in [4.78, 5) is 17.9. The topological polar surface area (TPSA) is 54.6 Å². The van der Waals surface area contributed by atoms with Crippen LogP contribution in [0.25, 0.3) is 10.9 Å². The van der Waals surface area contributed by atoms with Crippen LogP contribution < -0.4 is 9.47 Å². The summed E-state index contributed by atoms with van der Waals surface area (Å²) in [5.74, 6) is 2.03. The highest BCUT2D eigenvalue weighted by Crippen LogP contribution is 2.41. The molecule has 1 N–H and O–H groups in total. The number of ether oxygens (including phenoxy) is 2. The number of nitrogens with zero attached hydrogens (tertiary/aromatic N) is 1. The second-order valence-corrected chi connectivity index (χ2v) is 7.30. The van der Waals surface area contributed by atoms with E-state index in [1.54, 1.807) is 4.90 Å². The average molecular weight is 362 g/mol. The number of nitrogens with one attached hydrogen (secondary N) is 1. The second kappa shape index (κ2) is 6.34. The van der Waals surface area contributed by atoms with Gasteiger partial charge in [-0.15, -0.1) is 0 Å². The zero-order valence-electron chi connectivity index (χ0n) is 15.4. The van der Waals surface area contributed by atoms with Crippen LogP contribution in [0.1, 0.15) is 22.3 Å². The molecule has 0 radical (unpaired) electrons. The number of likely N-dealkylation sites (N-methyl/N-ethyl adjacent to an activating group) is 1. The van der Waals surface area contributed by atoms with Crippen molar-refractivity contribution in [3.8, 4) is 11.5 Å². The second-order valence-electron chi connectivity index (χ2n) is 7.30. The summed E-state index contributed by atoms with van der Waals surface area (Å²) in [6.45, 7) is 1.96. The van der Waals surface area contributed by atoms with Crippen molar-refractivity contribution in [1.29, 1.82) is 0 Å². The number of aromatic amines is 1. The number of carbonyl (C=O) groups excluding carboxylic acids is 1. The third kappa shape index (κ3) is 2.74. The molecule has 0 fully saturated rings. The first-order valence-corrected chi connectivity index (χ1v) is 9.43. The Hall–Kier alpha value is -2.95. The molecular weight excluding hydrogens is 340 g/mol. The van der Waals surface area contributed by atoms with Gasteiger partial charge < -0.3 is 19.4 Å².